The van der Waals surface area contributed by atoms with Gasteiger partial charge in [-0.15, -0.1) is 0 Å². The van der Waals surface area contributed by atoms with Gasteiger partial charge in [-0.1, -0.05) is 11.6 Å². The second kappa shape index (κ2) is 5.53. The summed E-state index contributed by atoms with van der Waals surface area (Å²) in [5.74, 6) is 0. The van der Waals surface area contributed by atoms with Crippen molar-refractivity contribution >= 4 is 17.3 Å². The van der Waals surface area contributed by atoms with E-state index >= 15 is 0 Å². The van der Waals surface area contributed by atoms with Gasteiger partial charge in [0, 0.05) is 29.1 Å². The molecule has 0 spiro atoms. The van der Waals surface area contributed by atoms with Crippen molar-refractivity contribution in [2.45, 2.75) is 25.1 Å². The van der Waals surface area contributed by atoms with E-state index in [1.165, 1.54) is 12.1 Å². The monoisotopic (exact) mass is 282 g/mol. The number of rotatable bonds is 4. The van der Waals surface area contributed by atoms with Crippen molar-refractivity contribution in [3.05, 3.63) is 38.9 Å². The van der Waals surface area contributed by atoms with Gasteiger partial charge in [-0.3, -0.25) is 10.1 Å². The molecule has 2 N–H and O–H groups in total. The molecule has 1 rings (SSSR count). The first kappa shape index (κ1) is 14.7. The molecule has 8 heteroatoms. The summed E-state index contributed by atoms with van der Waals surface area (Å²) in [7, 11) is 0. The van der Waals surface area contributed by atoms with Gasteiger partial charge in [0.1, 0.15) is 0 Å². The lowest BCUT2D eigenvalue weighted by Crippen LogP contribution is -2.17. The maximum atomic E-state index is 12.1. The van der Waals surface area contributed by atoms with Gasteiger partial charge in [-0.05, 0) is 18.6 Å². The van der Waals surface area contributed by atoms with Crippen molar-refractivity contribution in [3.8, 4) is 0 Å². The van der Waals surface area contributed by atoms with Crippen molar-refractivity contribution < 1.29 is 18.1 Å². The third-order valence-electron chi connectivity index (χ3n) is 2.32. The molecule has 100 valence electrons. The summed E-state index contributed by atoms with van der Waals surface area (Å²) >= 11 is 5.66. The highest BCUT2D eigenvalue weighted by atomic mass is 35.5. The van der Waals surface area contributed by atoms with Crippen molar-refractivity contribution in [1.82, 2.24) is 0 Å². The number of hydrogen-bond donors (Lipinski definition) is 1. The summed E-state index contributed by atoms with van der Waals surface area (Å²) in [4.78, 5) is 10.0. The van der Waals surface area contributed by atoms with Gasteiger partial charge in [0.05, 0.1) is 4.92 Å². The minimum atomic E-state index is -4.34. The molecule has 0 aliphatic carbocycles. The lowest BCUT2D eigenvalue weighted by atomic mass is 10.0. The zero-order valence-electron chi connectivity index (χ0n) is 9.08. The fourth-order valence-corrected chi connectivity index (χ4v) is 1.64. The molecule has 0 aliphatic heterocycles. The highest BCUT2D eigenvalue weighted by Crippen LogP contribution is 2.32. The molecule has 0 radical (unpaired) electrons. The third kappa shape index (κ3) is 4.15. The molecule has 0 aliphatic rings. The summed E-state index contributed by atoms with van der Waals surface area (Å²) in [6.07, 6.45) is -5.87. The van der Waals surface area contributed by atoms with Crippen LogP contribution in [0, 0.1) is 10.1 Å². The highest BCUT2D eigenvalue weighted by molar-refractivity contribution is 6.30. The SMILES string of the molecule is N[C@@H](CCC(F)(F)F)c1cc(Cl)ccc1[N+](=O)[O-]. The molecule has 0 aromatic heterocycles. The Morgan fingerprint density at radius 1 is 1.44 bits per heavy atom. The first-order valence-electron chi connectivity index (χ1n) is 4.97. The Morgan fingerprint density at radius 2 is 2.06 bits per heavy atom. The second-order valence-corrected chi connectivity index (χ2v) is 4.16. The number of nitrogens with two attached hydrogens (primary N) is 1. The van der Waals surface area contributed by atoms with E-state index in [1.54, 1.807) is 0 Å². The van der Waals surface area contributed by atoms with Crippen molar-refractivity contribution in [3.63, 3.8) is 0 Å². The predicted molar refractivity (Wildman–Crippen MR) is 60.3 cm³/mol. The topological polar surface area (TPSA) is 69.2 Å². The van der Waals surface area contributed by atoms with E-state index in [1.807, 2.05) is 0 Å². The Bertz CT molecular complexity index is 451. The molecule has 1 atom stereocenters. The van der Waals surface area contributed by atoms with Gasteiger partial charge < -0.3 is 5.73 Å². The van der Waals surface area contributed by atoms with Gasteiger partial charge >= 0.3 is 6.18 Å². The Morgan fingerprint density at radius 3 is 2.56 bits per heavy atom. The minimum Gasteiger partial charge on any atom is -0.324 e. The minimum absolute atomic E-state index is 0.0109. The van der Waals surface area contributed by atoms with E-state index in [0.717, 1.165) is 6.07 Å². The summed E-state index contributed by atoms with van der Waals surface area (Å²) in [5.41, 5.74) is 5.23. The largest absolute Gasteiger partial charge is 0.389 e. The number of halogens is 4. The Kier molecular flexibility index (Phi) is 4.53. The van der Waals surface area contributed by atoms with E-state index in [4.69, 9.17) is 17.3 Å². The molecular weight excluding hydrogens is 273 g/mol. The standard InChI is InChI=1S/C10H10ClF3N2O2/c11-6-1-2-9(16(17)18)7(5-6)8(15)3-4-10(12,13)14/h1-2,5,8H,3-4,15H2/t8-/m0/s1. The van der Waals surface area contributed by atoms with Crippen LogP contribution in [0.4, 0.5) is 18.9 Å². The first-order valence-corrected chi connectivity index (χ1v) is 5.34. The van der Waals surface area contributed by atoms with Crippen molar-refractivity contribution in [2.24, 2.45) is 5.73 Å². The third-order valence-corrected chi connectivity index (χ3v) is 2.56. The number of hydrogen-bond acceptors (Lipinski definition) is 3. The van der Waals surface area contributed by atoms with Crippen LogP contribution in [0.25, 0.3) is 0 Å². The van der Waals surface area contributed by atoms with Gasteiger partial charge in [-0.2, -0.15) is 13.2 Å². The van der Waals surface area contributed by atoms with Crippen LogP contribution >= 0.6 is 11.6 Å². The molecule has 0 fully saturated rings. The van der Waals surface area contributed by atoms with E-state index in [9.17, 15) is 23.3 Å². The van der Waals surface area contributed by atoms with Gasteiger partial charge in [0.2, 0.25) is 0 Å². The van der Waals surface area contributed by atoms with Crippen LogP contribution in [0.1, 0.15) is 24.4 Å². The van der Waals surface area contributed by atoms with Gasteiger partial charge in [0.15, 0.2) is 0 Å². The summed E-state index contributed by atoms with van der Waals surface area (Å²) in [5, 5.41) is 10.9. The molecule has 0 saturated carbocycles. The molecule has 1 aromatic carbocycles. The van der Waals surface area contributed by atoms with E-state index in [0.29, 0.717) is 0 Å². The fourth-order valence-electron chi connectivity index (χ4n) is 1.46. The van der Waals surface area contributed by atoms with Crippen LogP contribution < -0.4 is 5.73 Å². The van der Waals surface area contributed by atoms with Crippen LogP contribution in [0.3, 0.4) is 0 Å². The second-order valence-electron chi connectivity index (χ2n) is 3.72. The molecule has 0 unspecified atom stereocenters. The molecule has 0 heterocycles. The zero-order chi connectivity index (χ0) is 13.9. The normalized spacial score (nSPS) is 13.4. The van der Waals surface area contributed by atoms with Crippen LogP contribution in [-0.4, -0.2) is 11.1 Å². The highest BCUT2D eigenvalue weighted by Gasteiger charge is 2.29. The number of nitro benzene ring substituents is 1. The molecular formula is C10H10ClF3N2O2. The first-order chi connectivity index (χ1) is 8.20. The zero-order valence-corrected chi connectivity index (χ0v) is 9.83. The molecule has 4 nitrogen and oxygen atoms in total. The van der Waals surface area contributed by atoms with Crippen LogP contribution in [-0.2, 0) is 0 Å². The van der Waals surface area contributed by atoms with Crippen LogP contribution in [0.15, 0.2) is 18.2 Å². The summed E-state index contributed by atoms with van der Waals surface area (Å²) in [6.45, 7) is 0. The van der Waals surface area contributed by atoms with Crippen LogP contribution in [0.2, 0.25) is 5.02 Å². The predicted octanol–water partition coefficient (Wildman–Crippen LogP) is 3.59. The van der Waals surface area contributed by atoms with E-state index < -0.39 is 30.0 Å². The van der Waals surface area contributed by atoms with Crippen molar-refractivity contribution in [2.75, 3.05) is 0 Å². The van der Waals surface area contributed by atoms with Crippen LogP contribution in [0.5, 0.6) is 0 Å². The van der Waals surface area contributed by atoms with E-state index in [2.05, 4.69) is 0 Å². The van der Waals surface area contributed by atoms with Gasteiger partial charge in [-0.25, -0.2) is 0 Å². The Balaban J connectivity index is 2.93. The number of nitrogens with zero attached hydrogens (tertiary/aromatic N) is 1. The molecule has 0 amide bonds. The quantitative estimate of drug-likeness (QED) is 0.678. The average molecular weight is 283 g/mol. The number of alkyl halides is 3. The summed E-state index contributed by atoms with van der Waals surface area (Å²) < 4.78 is 36.2. The molecule has 18 heavy (non-hydrogen) atoms. The molecule has 1 aromatic rings. The number of nitro groups is 1. The van der Waals surface area contributed by atoms with E-state index in [-0.39, 0.29) is 16.3 Å². The lowest BCUT2D eigenvalue weighted by Gasteiger charge is -2.14. The molecule has 0 bridgehead atoms. The summed E-state index contributed by atoms with van der Waals surface area (Å²) in [6, 6.07) is 2.57. The Labute approximate surface area is 106 Å². The maximum Gasteiger partial charge on any atom is 0.389 e. The fraction of sp³-hybridized carbons (Fsp3) is 0.400. The lowest BCUT2D eigenvalue weighted by molar-refractivity contribution is -0.385. The smallest absolute Gasteiger partial charge is 0.324 e. The number of benzene rings is 1. The maximum absolute atomic E-state index is 12.1. The Hall–Kier alpha value is -1.34. The van der Waals surface area contributed by atoms with Crippen molar-refractivity contribution in [1.29, 1.82) is 0 Å². The van der Waals surface area contributed by atoms with Gasteiger partial charge in [0.25, 0.3) is 5.69 Å². The molecule has 0 saturated heterocycles. The average Bonchev–Trinajstić information content (AvgIpc) is 2.24.